The molecule has 18 heavy (non-hydrogen) atoms. The highest BCUT2D eigenvalue weighted by atomic mass is 32.1. The number of thiophene rings is 1. The Morgan fingerprint density at radius 3 is 3.06 bits per heavy atom. The average molecular weight is 267 g/mol. The van der Waals surface area contributed by atoms with Crippen molar-refractivity contribution >= 4 is 11.3 Å². The van der Waals surface area contributed by atoms with Gasteiger partial charge in [-0.15, -0.1) is 11.3 Å². The molecule has 100 valence electrons. The van der Waals surface area contributed by atoms with Crippen LogP contribution in [0.5, 0.6) is 0 Å². The smallest absolute Gasteiger partial charge is 0.158 e. The maximum atomic E-state index is 5.61. The lowest BCUT2D eigenvalue weighted by Crippen LogP contribution is -2.36. The lowest BCUT2D eigenvalue weighted by molar-refractivity contribution is -0.183. The topological polar surface area (TPSA) is 21.7 Å². The van der Waals surface area contributed by atoms with E-state index in [1.807, 2.05) is 11.3 Å². The molecule has 0 aromatic carbocycles. The van der Waals surface area contributed by atoms with Crippen LogP contribution in [0, 0.1) is 0 Å². The summed E-state index contributed by atoms with van der Waals surface area (Å²) < 4.78 is 11.2. The summed E-state index contributed by atoms with van der Waals surface area (Å²) in [5.41, 5.74) is 1.52. The Bertz CT molecular complexity index is 387. The van der Waals surface area contributed by atoms with Gasteiger partial charge in [-0.25, -0.2) is 0 Å². The van der Waals surface area contributed by atoms with E-state index in [0.29, 0.717) is 6.04 Å². The van der Waals surface area contributed by atoms with Crippen LogP contribution < -0.4 is 0 Å². The zero-order valence-electron chi connectivity index (χ0n) is 10.9. The molecule has 0 saturated carbocycles. The first-order valence-corrected chi connectivity index (χ1v) is 7.76. The highest BCUT2D eigenvalue weighted by molar-refractivity contribution is 7.10. The van der Waals surface area contributed by atoms with Gasteiger partial charge in [0.25, 0.3) is 0 Å². The maximum Gasteiger partial charge on any atom is 0.158 e. The third-order valence-electron chi connectivity index (χ3n) is 3.95. The van der Waals surface area contributed by atoms with Crippen molar-refractivity contribution < 1.29 is 9.47 Å². The van der Waals surface area contributed by atoms with Gasteiger partial charge in [0, 0.05) is 30.4 Å². The van der Waals surface area contributed by atoms with Gasteiger partial charge in [0.1, 0.15) is 0 Å². The molecule has 0 aliphatic carbocycles. The van der Waals surface area contributed by atoms with Crippen LogP contribution >= 0.6 is 11.3 Å². The van der Waals surface area contributed by atoms with E-state index in [1.54, 1.807) is 4.88 Å². The summed E-state index contributed by atoms with van der Waals surface area (Å²) in [6.45, 7) is 6.26. The van der Waals surface area contributed by atoms with E-state index < -0.39 is 0 Å². The molecule has 3 heterocycles. The van der Waals surface area contributed by atoms with Crippen LogP contribution in [0.4, 0.5) is 0 Å². The molecular weight excluding hydrogens is 246 g/mol. The number of ether oxygens (including phenoxy) is 2. The van der Waals surface area contributed by atoms with Crippen LogP contribution in [0.15, 0.2) is 11.4 Å². The fourth-order valence-corrected chi connectivity index (χ4v) is 3.80. The largest absolute Gasteiger partial charge is 0.353 e. The van der Waals surface area contributed by atoms with E-state index in [1.165, 1.54) is 18.5 Å². The molecule has 0 spiro atoms. The number of nitrogens with zero attached hydrogens (tertiary/aromatic N) is 1. The Labute approximate surface area is 113 Å². The molecule has 0 bridgehead atoms. The summed E-state index contributed by atoms with van der Waals surface area (Å²) in [6, 6.07) is 2.83. The number of hydrogen-bond acceptors (Lipinski definition) is 4. The van der Waals surface area contributed by atoms with E-state index in [4.69, 9.17) is 9.47 Å². The van der Waals surface area contributed by atoms with Crippen molar-refractivity contribution in [2.24, 2.45) is 0 Å². The second-order valence-corrected chi connectivity index (χ2v) is 6.08. The third kappa shape index (κ3) is 2.62. The van der Waals surface area contributed by atoms with Gasteiger partial charge in [-0.1, -0.05) is 0 Å². The van der Waals surface area contributed by atoms with Gasteiger partial charge < -0.3 is 9.47 Å². The molecule has 1 saturated heterocycles. The number of fused-ring (bicyclic) bond motifs is 1. The summed E-state index contributed by atoms with van der Waals surface area (Å²) in [7, 11) is 0. The van der Waals surface area contributed by atoms with Gasteiger partial charge in [0.05, 0.1) is 13.2 Å². The van der Waals surface area contributed by atoms with Crippen molar-refractivity contribution in [1.82, 2.24) is 4.90 Å². The summed E-state index contributed by atoms with van der Waals surface area (Å²) in [5, 5.41) is 2.22. The first-order chi connectivity index (χ1) is 8.84. The summed E-state index contributed by atoms with van der Waals surface area (Å²) in [4.78, 5) is 4.13. The highest BCUT2D eigenvalue weighted by Crippen LogP contribution is 2.32. The van der Waals surface area contributed by atoms with Crippen LogP contribution in [0.1, 0.15) is 36.2 Å². The van der Waals surface area contributed by atoms with Crippen molar-refractivity contribution in [3.05, 3.63) is 21.9 Å². The Morgan fingerprint density at radius 1 is 1.39 bits per heavy atom. The van der Waals surface area contributed by atoms with Crippen LogP contribution in [0.3, 0.4) is 0 Å². The summed E-state index contributed by atoms with van der Waals surface area (Å²) >= 11 is 1.90. The van der Waals surface area contributed by atoms with Gasteiger partial charge in [-0.3, -0.25) is 4.90 Å². The lowest BCUT2D eigenvalue weighted by Gasteiger charge is -2.35. The average Bonchev–Trinajstić information content (AvgIpc) is 2.88. The summed E-state index contributed by atoms with van der Waals surface area (Å²) in [6.07, 6.45) is 3.25. The highest BCUT2D eigenvalue weighted by Gasteiger charge is 2.25. The Morgan fingerprint density at radius 2 is 2.22 bits per heavy atom. The van der Waals surface area contributed by atoms with E-state index in [0.717, 1.165) is 32.6 Å². The normalized spacial score (nSPS) is 26.2. The van der Waals surface area contributed by atoms with Gasteiger partial charge in [-0.2, -0.15) is 0 Å². The summed E-state index contributed by atoms with van der Waals surface area (Å²) in [5.74, 6) is 0. The lowest BCUT2D eigenvalue weighted by atomic mass is 10.0. The molecule has 1 unspecified atom stereocenters. The molecule has 1 atom stereocenters. The zero-order chi connectivity index (χ0) is 12.4. The van der Waals surface area contributed by atoms with Crippen molar-refractivity contribution in [3.63, 3.8) is 0 Å². The minimum Gasteiger partial charge on any atom is -0.353 e. The molecule has 2 aliphatic rings. The van der Waals surface area contributed by atoms with E-state index >= 15 is 0 Å². The number of hydrogen-bond donors (Lipinski definition) is 0. The SMILES string of the molecule is CC1c2ccsc2CCN1CCC1OCCCO1. The van der Waals surface area contributed by atoms with Crippen LogP contribution in [0.2, 0.25) is 0 Å². The molecule has 1 fully saturated rings. The quantitative estimate of drug-likeness (QED) is 0.840. The predicted molar refractivity (Wildman–Crippen MR) is 72.9 cm³/mol. The zero-order valence-corrected chi connectivity index (χ0v) is 11.7. The first-order valence-electron chi connectivity index (χ1n) is 6.88. The van der Waals surface area contributed by atoms with Crippen LogP contribution in [-0.4, -0.2) is 37.5 Å². The van der Waals surface area contributed by atoms with Gasteiger partial charge in [-0.05, 0) is 36.8 Å². The molecule has 3 nitrogen and oxygen atoms in total. The molecule has 4 heteroatoms. The molecule has 3 rings (SSSR count). The van der Waals surface area contributed by atoms with Gasteiger partial charge >= 0.3 is 0 Å². The maximum absolute atomic E-state index is 5.61. The van der Waals surface area contributed by atoms with Crippen LogP contribution in [0.25, 0.3) is 0 Å². The molecule has 0 radical (unpaired) electrons. The Balaban J connectivity index is 1.54. The van der Waals surface area contributed by atoms with E-state index in [9.17, 15) is 0 Å². The van der Waals surface area contributed by atoms with E-state index in [-0.39, 0.29) is 6.29 Å². The Hall–Kier alpha value is -0.420. The molecule has 0 N–H and O–H groups in total. The van der Waals surface area contributed by atoms with Gasteiger partial charge in [0.15, 0.2) is 6.29 Å². The van der Waals surface area contributed by atoms with Crippen molar-refractivity contribution in [2.75, 3.05) is 26.3 Å². The molecule has 1 aromatic heterocycles. The molecule has 1 aromatic rings. The van der Waals surface area contributed by atoms with E-state index in [2.05, 4.69) is 23.3 Å². The minimum absolute atomic E-state index is 0.0230. The standard InChI is InChI=1S/C14H21NO2S/c1-11-12-5-10-18-13(12)3-6-15(11)7-4-14-16-8-2-9-17-14/h5,10-11,14H,2-4,6-9H2,1H3. The monoisotopic (exact) mass is 267 g/mol. The fraction of sp³-hybridized carbons (Fsp3) is 0.714. The van der Waals surface area contributed by atoms with Crippen molar-refractivity contribution in [1.29, 1.82) is 0 Å². The van der Waals surface area contributed by atoms with Crippen LogP contribution in [-0.2, 0) is 15.9 Å². The fourth-order valence-electron chi connectivity index (χ4n) is 2.84. The predicted octanol–water partition coefficient (Wildman–Crippen LogP) is 2.82. The number of rotatable bonds is 3. The van der Waals surface area contributed by atoms with Crippen molar-refractivity contribution in [2.45, 2.75) is 38.5 Å². The third-order valence-corrected chi connectivity index (χ3v) is 4.95. The molecule has 2 aliphatic heterocycles. The first kappa shape index (κ1) is 12.6. The Kier molecular flexibility index (Phi) is 3.99. The second-order valence-electron chi connectivity index (χ2n) is 5.07. The van der Waals surface area contributed by atoms with Crippen molar-refractivity contribution in [3.8, 4) is 0 Å². The van der Waals surface area contributed by atoms with Gasteiger partial charge in [0.2, 0.25) is 0 Å². The second kappa shape index (κ2) is 5.70. The molecular formula is C14H21NO2S. The minimum atomic E-state index is 0.0230. The molecule has 0 amide bonds.